The molecule has 24 heavy (non-hydrogen) atoms. The number of pyridine rings is 1. The van der Waals surface area contributed by atoms with E-state index in [9.17, 15) is 0 Å². The SMILES string of the molecule is CC=CCC1Cc2ccccc2C=C1c1nccc2ccccc12. The lowest BCUT2D eigenvalue weighted by atomic mass is 9.79. The van der Waals surface area contributed by atoms with Crippen LogP contribution in [0.1, 0.15) is 30.2 Å². The summed E-state index contributed by atoms with van der Waals surface area (Å²) in [6.07, 6.45) is 10.8. The van der Waals surface area contributed by atoms with Crippen LogP contribution in [-0.4, -0.2) is 4.98 Å². The summed E-state index contributed by atoms with van der Waals surface area (Å²) in [5, 5.41) is 2.50. The topological polar surface area (TPSA) is 12.9 Å². The van der Waals surface area contributed by atoms with Crippen LogP contribution < -0.4 is 0 Å². The van der Waals surface area contributed by atoms with Crippen LogP contribution in [0.25, 0.3) is 22.4 Å². The van der Waals surface area contributed by atoms with Gasteiger partial charge in [-0.1, -0.05) is 60.7 Å². The van der Waals surface area contributed by atoms with Gasteiger partial charge in [0.1, 0.15) is 0 Å². The molecule has 0 bridgehead atoms. The molecule has 0 amide bonds. The van der Waals surface area contributed by atoms with Gasteiger partial charge < -0.3 is 0 Å². The van der Waals surface area contributed by atoms with E-state index in [0.29, 0.717) is 5.92 Å². The summed E-state index contributed by atoms with van der Waals surface area (Å²) in [4.78, 5) is 4.77. The van der Waals surface area contributed by atoms with Crippen molar-refractivity contribution in [3.05, 3.63) is 89.8 Å². The molecule has 4 rings (SSSR count). The van der Waals surface area contributed by atoms with Crippen LogP contribution >= 0.6 is 0 Å². The third-order valence-corrected chi connectivity index (χ3v) is 4.88. The Balaban J connectivity index is 1.90. The predicted molar refractivity (Wildman–Crippen MR) is 103 cm³/mol. The number of aromatic nitrogens is 1. The van der Waals surface area contributed by atoms with Gasteiger partial charge >= 0.3 is 0 Å². The molecule has 0 aliphatic heterocycles. The van der Waals surface area contributed by atoms with E-state index < -0.39 is 0 Å². The molecular weight excluding hydrogens is 290 g/mol. The first-order valence-electron chi connectivity index (χ1n) is 8.61. The summed E-state index contributed by atoms with van der Waals surface area (Å²) >= 11 is 0. The highest BCUT2D eigenvalue weighted by Crippen LogP contribution is 2.38. The molecule has 1 aliphatic rings. The molecule has 0 N–H and O–H groups in total. The monoisotopic (exact) mass is 311 g/mol. The molecule has 0 radical (unpaired) electrons. The van der Waals surface area contributed by atoms with E-state index in [1.807, 2.05) is 6.20 Å². The van der Waals surface area contributed by atoms with Crippen LogP contribution in [0.15, 0.2) is 72.9 Å². The number of hydrogen-bond acceptors (Lipinski definition) is 1. The van der Waals surface area contributed by atoms with E-state index in [1.54, 1.807) is 0 Å². The highest BCUT2D eigenvalue weighted by molar-refractivity contribution is 5.97. The molecule has 2 aromatic carbocycles. The number of allylic oxidation sites excluding steroid dienone is 3. The van der Waals surface area contributed by atoms with Gasteiger partial charge in [0.15, 0.2) is 0 Å². The summed E-state index contributed by atoms with van der Waals surface area (Å²) in [6.45, 7) is 2.09. The maximum Gasteiger partial charge on any atom is 0.0743 e. The molecule has 118 valence electrons. The predicted octanol–water partition coefficient (Wildman–Crippen LogP) is 5.91. The molecule has 0 saturated carbocycles. The minimum Gasteiger partial charge on any atom is -0.256 e. The average molecular weight is 311 g/mol. The number of hydrogen-bond donors (Lipinski definition) is 0. The molecule has 0 saturated heterocycles. The maximum atomic E-state index is 4.77. The number of rotatable bonds is 3. The summed E-state index contributed by atoms with van der Waals surface area (Å²) in [7, 11) is 0. The highest BCUT2D eigenvalue weighted by Gasteiger charge is 2.23. The first-order chi connectivity index (χ1) is 11.9. The fourth-order valence-electron chi connectivity index (χ4n) is 3.64. The molecule has 0 spiro atoms. The van der Waals surface area contributed by atoms with Gasteiger partial charge in [-0.2, -0.15) is 0 Å². The van der Waals surface area contributed by atoms with Crippen molar-refractivity contribution < 1.29 is 0 Å². The molecule has 1 aromatic heterocycles. The summed E-state index contributed by atoms with van der Waals surface area (Å²) in [5.74, 6) is 0.481. The van der Waals surface area contributed by atoms with Crippen LogP contribution in [0.2, 0.25) is 0 Å². The van der Waals surface area contributed by atoms with Crippen molar-refractivity contribution in [1.29, 1.82) is 0 Å². The first kappa shape index (κ1) is 14.9. The van der Waals surface area contributed by atoms with Gasteiger partial charge in [-0.3, -0.25) is 4.98 Å². The van der Waals surface area contributed by atoms with Crippen molar-refractivity contribution in [2.24, 2.45) is 5.92 Å². The van der Waals surface area contributed by atoms with Crippen LogP contribution in [0.3, 0.4) is 0 Å². The zero-order valence-corrected chi connectivity index (χ0v) is 13.9. The molecule has 1 nitrogen and oxygen atoms in total. The van der Waals surface area contributed by atoms with Gasteiger partial charge in [0, 0.05) is 11.6 Å². The minimum absolute atomic E-state index is 0.481. The quantitative estimate of drug-likeness (QED) is 0.548. The fourth-order valence-corrected chi connectivity index (χ4v) is 3.64. The van der Waals surface area contributed by atoms with E-state index in [-0.39, 0.29) is 0 Å². The maximum absolute atomic E-state index is 4.77. The molecule has 1 unspecified atom stereocenters. The number of nitrogens with zero attached hydrogens (tertiary/aromatic N) is 1. The second-order valence-corrected chi connectivity index (χ2v) is 6.38. The number of benzene rings is 2. The molecular formula is C23H21N. The van der Waals surface area contributed by atoms with Crippen molar-refractivity contribution in [3.63, 3.8) is 0 Å². The van der Waals surface area contributed by atoms with Crippen molar-refractivity contribution in [2.75, 3.05) is 0 Å². The average Bonchev–Trinajstić information content (AvgIpc) is 2.65. The lowest BCUT2D eigenvalue weighted by molar-refractivity contribution is 0.671. The zero-order chi connectivity index (χ0) is 16.4. The van der Waals surface area contributed by atoms with E-state index in [1.165, 1.54) is 27.5 Å². The van der Waals surface area contributed by atoms with Crippen molar-refractivity contribution >= 4 is 22.4 Å². The van der Waals surface area contributed by atoms with E-state index in [4.69, 9.17) is 4.98 Å². The Kier molecular flexibility index (Phi) is 4.00. The third-order valence-electron chi connectivity index (χ3n) is 4.88. The lowest BCUT2D eigenvalue weighted by Gasteiger charge is -2.26. The molecule has 1 atom stereocenters. The molecule has 1 heterocycles. The van der Waals surface area contributed by atoms with Crippen LogP contribution in [-0.2, 0) is 6.42 Å². The standard InChI is InChI=1S/C23H21N/c1-2-3-8-20-15-18-10-4-5-11-19(18)16-22(20)23-21-12-7-6-9-17(21)13-14-24-23/h2-7,9-14,16,20H,8,15H2,1H3. The second-order valence-electron chi connectivity index (χ2n) is 6.38. The van der Waals surface area contributed by atoms with Crippen LogP contribution in [0.5, 0.6) is 0 Å². The number of fused-ring (bicyclic) bond motifs is 2. The smallest absolute Gasteiger partial charge is 0.0743 e. The Hall–Kier alpha value is -2.67. The molecule has 1 aliphatic carbocycles. The molecule has 1 heteroatoms. The third kappa shape index (κ3) is 2.67. The van der Waals surface area contributed by atoms with E-state index in [2.05, 4.69) is 79.7 Å². The Morgan fingerprint density at radius 2 is 1.88 bits per heavy atom. The normalized spacial score (nSPS) is 17.0. The van der Waals surface area contributed by atoms with Gasteiger partial charge in [0.25, 0.3) is 0 Å². The summed E-state index contributed by atoms with van der Waals surface area (Å²) in [5.41, 5.74) is 5.27. The van der Waals surface area contributed by atoms with Crippen molar-refractivity contribution in [2.45, 2.75) is 19.8 Å². The van der Waals surface area contributed by atoms with E-state index in [0.717, 1.165) is 18.5 Å². The Labute approximate surface area is 143 Å². The zero-order valence-electron chi connectivity index (χ0n) is 13.9. The van der Waals surface area contributed by atoms with Gasteiger partial charge in [0.2, 0.25) is 0 Å². The van der Waals surface area contributed by atoms with Crippen LogP contribution in [0, 0.1) is 5.92 Å². The van der Waals surface area contributed by atoms with E-state index >= 15 is 0 Å². The van der Waals surface area contributed by atoms with Gasteiger partial charge in [0.05, 0.1) is 5.69 Å². The minimum atomic E-state index is 0.481. The highest BCUT2D eigenvalue weighted by atomic mass is 14.7. The van der Waals surface area contributed by atoms with Gasteiger partial charge in [-0.15, -0.1) is 0 Å². The molecule has 3 aromatic rings. The lowest BCUT2D eigenvalue weighted by Crippen LogP contribution is -2.13. The fraction of sp³-hybridized carbons (Fsp3) is 0.174. The molecule has 0 fully saturated rings. The summed E-state index contributed by atoms with van der Waals surface area (Å²) < 4.78 is 0. The Morgan fingerprint density at radius 1 is 1.04 bits per heavy atom. The van der Waals surface area contributed by atoms with Crippen LogP contribution in [0.4, 0.5) is 0 Å². The van der Waals surface area contributed by atoms with Crippen molar-refractivity contribution in [1.82, 2.24) is 4.98 Å². The first-order valence-corrected chi connectivity index (χ1v) is 8.61. The second kappa shape index (κ2) is 6.45. The largest absolute Gasteiger partial charge is 0.256 e. The Bertz CT molecular complexity index is 928. The van der Waals surface area contributed by atoms with Crippen molar-refractivity contribution in [3.8, 4) is 0 Å². The van der Waals surface area contributed by atoms with Gasteiger partial charge in [-0.25, -0.2) is 0 Å². The Morgan fingerprint density at radius 3 is 2.79 bits per heavy atom. The van der Waals surface area contributed by atoms with Gasteiger partial charge in [-0.05, 0) is 59.9 Å². The summed E-state index contributed by atoms with van der Waals surface area (Å²) in [6, 6.07) is 19.4.